The van der Waals surface area contributed by atoms with Crippen LogP contribution in [-0.2, 0) is 0 Å². The van der Waals surface area contributed by atoms with Crippen LogP contribution < -0.4 is 10.6 Å². The fourth-order valence-corrected chi connectivity index (χ4v) is 4.10. The van der Waals surface area contributed by atoms with Gasteiger partial charge in [0.15, 0.2) is 5.11 Å². The minimum Gasteiger partial charge on any atom is -0.360 e. The van der Waals surface area contributed by atoms with Crippen LogP contribution in [0, 0.1) is 11.3 Å². The van der Waals surface area contributed by atoms with Gasteiger partial charge in [-0.15, -0.1) is 0 Å². The minimum absolute atomic E-state index is 0.446. The van der Waals surface area contributed by atoms with Crippen molar-refractivity contribution in [1.82, 2.24) is 5.32 Å². The number of rotatable bonds is 4. The van der Waals surface area contributed by atoms with Gasteiger partial charge in [-0.3, -0.25) is 0 Å². The molecule has 1 fully saturated rings. The molecule has 5 heteroatoms. The summed E-state index contributed by atoms with van der Waals surface area (Å²) < 4.78 is 0. The molecule has 2 rings (SSSR count). The van der Waals surface area contributed by atoms with Gasteiger partial charge in [-0.05, 0) is 67.4 Å². The van der Waals surface area contributed by atoms with Crippen molar-refractivity contribution in [3.05, 3.63) is 28.2 Å². The Morgan fingerprint density at radius 2 is 1.70 bits per heavy atom. The summed E-state index contributed by atoms with van der Waals surface area (Å²) in [7, 11) is 0. The Labute approximate surface area is 155 Å². The lowest BCUT2D eigenvalue weighted by Crippen LogP contribution is -2.41. The van der Waals surface area contributed by atoms with Gasteiger partial charge in [-0.2, -0.15) is 0 Å². The molecule has 0 heterocycles. The van der Waals surface area contributed by atoms with E-state index >= 15 is 0 Å². The molecule has 0 atom stereocenters. The summed E-state index contributed by atoms with van der Waals surface area (Å²) in [6.07, 6.45) is 6.12. The first-order chi connectivity index (χ1) is 10.8. The van der Waals surface area contributed by atoms with Crippen molar-refractivity contribution < 1.29 is 0 Å². The zero-order valence-electron chi connectivity index (χ0n) is 14.1. The topological polar surface area (TPSA) is 24.1 Å². The number of hydrogen-bond acceptors (Lipinski definition) is 1. The number of halogens is 2. The van der Waals surface area contributed by atoms with E-state index < -0.39 is 0 Å². The highest BCUT2D eigenvalue weighted by Gasteiger charge is 2.31. The molecule has 0 saturated heterocycles. The van der Waals surface area contributed by atoms with E-state index in [-0.39, 0.29) is 0 Å². The van der Waals surface area contributed by atoms with E-state index in [2.05, 4.69) is 31.4 Å². The first-order valence-corrected chi connectivity index (χ1v) is 9.50. The van der Waals surface area contributed by atoms with Crippen LogP contribution in [0.5, 0.6) is 0 Å². The maximum atomic E-state index is 6.01. The predicted octanol–water partition coefficient (Wildman–Crippen LogP) is 6.27. The first-order valence-electron chi connectivity index (χ1n) is 8.34. The standard InChI is InChI=1S/C18H26Cl2N2S/c1-4-18(2,3)12-5-7-15(8-6-12)21-17(23)22-16-10-13(19)9-14(20)11-16/h9-12,15H,4-8H2,1-3H3,(H2,21,22,23). The Kier molecular flexibility index (Phi) is 6.58. The van der Waals surface area contributed by atoms with Crippen LogP contribution in [0.1, 0.15) is 52.9 Å². The molecule has 23 heavy (non-hydrogen) atoms. The number of anilines is 1. The maximum Gasteiger partial charge on any atom is 0.170 e. The molecule has 1 aromatic carbocycles. The molecule has 0 amide bonds. The Morgan fingerprint density at radius 1 is 1.13 bits per heavy atom. The van der Waals surface area contributed by atoms with E-state index in [1.54, 1.807) is 6.07 Å². The SMILES string of the molecule is CCC(C)(C)C1CCC(NC(=S)Nc2cc(Cl)cc(Cl)c2)CC1. The Balaban J connectivity index is 1.83. The fraction of sp³-hybridized carbons (Fsp3) is 0.611. The average molecular weight is 373 g/mol. The van der Waals surface area contributed by atoms with Gasteiger partial charge in [0.25, 0.3) is 0 Å². The molecule has 2 nitrogen and oxygen atoms in total. The monoisotopic (exact) mass is 372 g/mol. The lowest BCUT2D eigenvalue weighted by Gasteiger charge is -2.39. The molecule has 1 aliphatic carbocycles. The first kappa shape index (κ1) is 18.8. The van der Waals surface area contributed by atoms with Crippen molar-refractivity contribution in [1.29, 1.82) is 0 Å². The van der Waals surface area contributed by atoms with Crippen LogP contribution in [0.2, 0.25) is 10.0 Å². The molecule has 2 N–H and O–H groups in total. The fourth-order valence-electron chi connectivity index (χ4n) is 3.29. The van der Waals surface area contributed by atoms with Crippen LogP contribution in [0.25, 0.3) is 0 Å². The Morgan fingerprint density at radius 3 is 2.22 bits per heavy atom. The normalized spacial score (nSPS) is 21.8. The number of nitrogens with one attached hydrogen (secondary N) is 2. The molecular formula is C18H26Cl2N2S. The number of thiocarbonyl (C=S) groups is 1. The summed E-state index contributed by atoms with van der Waals surface area (Å²) in [4.78, 5) is 0. The van der Waals surface area contributed by atoms with Gasteiger partial charge in [0.2, 0.25) is 0 Å². The van der Waals surface area contributed by atoms with E-state index in [0.29, 0.717) is 26.6 Å². The van der Waals surface area contributed by atoms with Gasteiger partial charge < -0.3 is 10.6 Å². The third kappa shape index (κ3) is 5.51. The third-order valence-corrected chi connectivity index (χ3v) is 5.86. The summed E-state index contributed by atoms with van der Waals surface area (Å²) in [6, 6.07) is 5.81. The average Bonchev–Trinajstić information content (AvgIpc) is 2.46. The molecule has 0 bridgehead atoms. The summed E-state index contributed by atoms with van der Waals surface area (Å²) in [5, 5.41) is 8.45. The molecule has 0 aliphatic heterocycles. The Bertz CT molecular complexity index is 532. The van der Waals surface area contributed by atoms with Crippen molar-refractivity contribution in [3.8, 4) is 0 Å². The number of benzene rings is 1. The summed E-state index contributed by atoms with van der Waals surface area (Å²) >= 11 is 17.4. The largest absolute Gasteiger partial charge is 0.360 e. The Hall–Kier alpha value is -0.510. The summed E-state index contributed by atoms with van der Waals surface area (Å²) in [5.41, 5.74) is 1.27. The summed E-state index contributed by atoms with van der Waals surface area (Å²) in [5.74, 6) is 0.818. The van der Waals surface area contributed by atoms with E-state index in [1.165, 1.54) is 32.1 Å². The second-order valence-corrected chi connectivity index (χ2v) is 8.43. The smallest absolute Gasteiger partial charge is 0.170 e. The van der Waals surface area contributed by atoms with Crippen LogP contribution in [0.4, 0.5) is 5.69 Å². The predicted molar refractivity (Wildman–Crippen MR) is 106 cm³/mol. The lowest BCUT2D eigenvalue weighted by molar-refractivity contribution is 0.141. The van der Waals surface area contributed by atoms with Crippen LogP contribution in [0.15, 0.2) is 18.2 Å². The lowest BCUT2D eigenvalue weighted by atomic mass is 9.69. The van der Waals surface area contributed by atoms with Crippen molar-refractivity contribution >= 4 is 46.2 Å². The quantitative estimate of drug-likeness (QED) is 0.608. The maximum absolute atomic E-state index is 6.01. The van der Waals surface area contributed by atoms with Crippen LogP contribution >= 0.6 is 35.4 Å². The summed E-state index contributed by atoms with van der Waals surface area (Å²) in [6.45, 7) is 7.07. The molecule has 1 saturated carbocycles. The van der Waals surface area contributed by atoms with E-state index in [1.807, 2.05) is 12.1 Å². The van der Waals surface area contributed by atoms with Crippen molar-refractivity contribution in [2.45, 2.75) is 58.9 Å². The van der Waals surface area contributed by atoms with E-state index in [9.17, 15) is 0 Å². The van der Waals surface area contributed by atoms with Crippen molar-refractivity contribution in [3.63, 3.8) is 0 Å². The van der Waals surface area contributed by atoms with Crippen molar-refractivity contribution in [2.75, 3.05) is 5.32 Å². The molecule has 0 unspecified atom stereocenters. The van der Waals surface area contributed by atoms with Gasteiger partial charge in [0.05, 0.1) is 0 Å². The molecule has 0 aromatic heterocycles. The zero-order valence-corrected chi connectivity index (χ0v) is 16.4. The molecule has 0 spiro atoms. The van der Waals surface area contributed by atoms with Crippen LogP contribution in [-0.4, -0.2) is 11.2 Å². The zero-order chi connectivity index (χ0) is 17.0. The molecule has 128 valence electrons. The van der Waals surface area contributed by atoms with Gasteiger partial charge in [-0.1, -0.05) is 50.4 Å². The van der Waals surface area contributed by atoms with E-state index in [4.69, 9.17) is 35.4 Å². The highest BCUT2D eigenvalue weighted by molar-refractivity contribution is 7.80. The molecule has 1 aliphatic rings. The minimum atomic E-state index is 0.446. The second-order valence-electron chi connectivity index (χ2n) is 7.15. The van der Waals surface area contributed by atoms with Gasteiger partial charge in [0.1, 0.15) is 0 Å². The van der Waals surface area contributed by atoms with Crippen LogP contribution in [0.3, 0.4) is 0 Å². The van der Waals surface area contributed by atoms with Gasteiger partial charge in [-0.25, -0.2) is 0 Å². The molecule has 1 aromatic rings. The number of hydrogen-bond donors (Lipinski definition) is 2. The highest BCUT2D eigenvalue weighted by atomic mass is 35.5. The van der Waals surface area contributed by atoms with Gasteiger partial charge >= 0.3 is 0 Å². The van der Waals surface area contributed by atoms with Gasteiger partial charge in [0, 0.05) is 21.8 Å². The van der Waals surface area contributed by atoms with Crippen molar-refractivity contribution in [2.24, 2.45) is 11.3 Å². The third-order valence-electron chi connectivity index (χ3n) is 5.20. The highest BCUT2D eigenvalue weighted by Crippen LogP contribution is 2.40. The molecular weight excluding hydrogens is 347 g/mol. The second kappa shape index (κ2) is 8.04. The van der Waals surface area contributed by atoms with E-state index in [0.717, 1.165) is 11.6 Å². The molecule has 0 radical (unpaired) electrons.